The second kappa shape index (κ2) is 10.6. The molecular weight excluding hydrogens is 550 g/mol. The number of piperazine rings is 1. The van der Waals surface area contributed by atoms with Crippen molar-refractivity contribution in [2.24, 2.45) is 0 Å². The van der Waals surface area contributed by atoms with E-state index in [-0.39, 0.29) is 63.3 Å². The number of nitrogens with zero attached hydrogens (tertiary/aromatic N) is 5. The van der Waals surface area contributed by atoms with Gasteiger partial charge < -0.3 is 25.0 Å². The highest BCUT2D eigenvalue weighted by Crippen LogP contribution is 2.40. The van der Waals surface area contributed by atoms with Gasteiger partial charge in [-0.1, -0.05) is 12.0 Å². The van der Waals surface area contributed by atoms with Crippen molar-refractivity contribution >= 4 is 27.5 Å². The molecule has 0 aliphatic carbocycles. The number of anilines is 1. The van der Waals surface area contributed by atoms with Crippen LogP contribution in [0.15, 0.2) is 24.3 Å². The van der Waals surface area contributed by atoms with E-state index in [1.807, 2.05) is 7.05 Å². The van der Waals surface area contributed by atoms with Crippen molar-refractivity contribution in [1.82, 2.24) is 25.2 Å². The van der Waals surface area contributed by atoms with Gasteiger partial charge in [-0.25, -0.2) is 13.8 Å². The van der Waals surface area contributed by atoms with E-state index in [4.69, 9.17) is 22.6 Å². The zero-order chi connectivity index (χ0) is 29.8. The van der Waals surface area contributed by atoms with Gasteiger partial charge in [0, 0.05) is 42.2 Å². The van der Waals surface area contributed by atoms with Crippen LogP contribution in [0.2, 0.25) is 0 Å². The van der Waals surface area contributed by atoms with Crippen LogP contribution in [0.1, 0.15) is 36.9 Å². The fraction of sp³-hybridized carbons (Fsp3) is 0.364. The average molecular weight is 581 g/mol. The number of halogens is 2. The lowest BCUT2D eigenvalue weighted by molar-refractivity contribution is 0.188. The second-order valence-electron chi connectivity index (χ2n) is 11.6. The Morgan fingerprint density at radius 2 is 1.84 bits per heavy atom. The highest BCUT2D eigenvalue weighted by Gasteiger charge is 2.35. The predicted octanol–water partition coefficient (Wildman–Crippen LogP) is 4.21. The summed E-state index contributed by atoms with van der Waals surface area (Å²) in [5.41, 5.74) is -0.0903. The van der Waals surface area contributed by atoms with Crippen molar-refractivity contribution in [1.29, 1.82) is 0 Å². The van der Waals surface area contributed by atoms with E-state index < -0.39 is 11.6 Å². The fourth-order valence-corrected chi connectivity index (χ4v) is 6.79. The van der Waals surface area contributed by atoms with E-state index >= 15 is 4.39 Å². The van der Waals surface area contributed by atoms with E-state index in [9.17, 15) is 9.50 Å². The Kier molecular flexibility index (Phi) is 6.76. The van der Waals surface area contributed by atoms with Crippen LogP contribution in [0.25, 0.3) is 32.9 Å². The quantitative estimate of drug-likeness (QED) is 0.340. The number of nitrogens with one attached hydrogen (secondary N) is 1. The second-order valence-corrected chi connectivity index (χ2v) is 11.6. The number of ether oxygens (including phenoxy) is 1. The summed E-state index contributed by atoms with van der Waals surface area (Å²) in [7, 11) is 2.05. The van der Waals surface area contributed by atoms with E-state index in [0.29, 0.717) is 36.3 Å². The van der Waals surface area contributed by atoms with E-state index in [1.54, 1.807) is 0 Å². The SMILES string of the molecule is C#Cc1c(F)ccc2cc(O)cc(-c3nc(C#C)c4c(N5CC6CCC(C5)N6)nc(OC[C@@H]5CCCN5C)nc4c3F)c12. The Morgan fingerprint density at radius 1 is 1.05 bits per heavy atom. The largest absolute Gasteiger partial charge is 0.508 e. The van der Waals surface area contributed by atoms with Crippen molar-refractivity contribution in [2.75, 3.05) is 38.2 Å². The molecule has 3 fully saturated rings. The maximum Gasteiger partial charge on any atom is 0.319 e. The lowest BCUT2D eigenvalue weighted by atomic mass is 9.95. The molecule has 218 valence electrons. The van der Waals surface area contributed by atoms with Gasteiger partial charge in [0.2, 0.25) is 0 Å². The summed E-state index contributed by atoms with van der Waals surface area (Å²) < 4.78 is 37.8. The lowest BCUT2D eigenvalue weighted by Gasteiger charge is -2.34. The third-order valence-electron chi connectivity index (χ3n) is 8.93. The maximum atomic E-state index is 16.8. The molecule has 3 aliphatic rings. The average Bonchev–Trinajstić information content (AvgIpc) is 3.58. The molecule has 2 N–H and O–H groups in total. The molecule has 8 nitrogen and oxygen atoms in total. The van der Waals surface area contributed by atoms with Crippen LogP contribution < -0.4 is 15.0 Å². The van der Waals surface area contributed by atoms with Crippen molar-refractivity contribution in [2.45, 2.75) is 43.8 Å². The summed E-state index contributed by atoms with van der Waals surface area (Å²) in [6, 6.07) is 6.24. The molecule has 2 bridgehead atoms. The molecule has 43 heavy (non-hydrogen) atoms. The van der Waals surface area contributed by atoms with Crippen LogP contribution in [-0.4, -0.2) is 76.4 Å². The minimum Gasteiger partial charge on any atom is -0.508 e. The molecule has 0 radical (unpaired) electrons. The molecule has 7 rings (SSSR count). The molecule has 3 atom stereocenters. The van der Waals surface area contributed by atoms with E-state index in [2.05, 4.69) is 36.9 Å². The number of aromatic nitrogens is 3. The Hall–Kier alpha value is -4.51. The highest BCUT2D eigenvalue weighted by atomic mass is 19.1. The van der Waals surface area contributed by atoms with Crippen LogP contribution >= 0.6 is 0 Å². The lowest BCUT2D eigenvalue weighted by Crippen LogP contribution is -2.51. The molecule has 0 spiro atoms. The fourth-order valence-electron chi connectivity index (χ4n) is 6.79. The maximum absolute atomic E-state index is 16.8. The molecule has 10 heteroatoms. The molecule has 2 aromatic carbocycles. The number of likely N-dealkylation sites (tertiary alicyclic amines) is 1. The molecule has 4 aromatic rings. The summed E-state index contributed by atoms with van der Waals surface area (Å²) in [4.78, 5) is 18.2. The third kappa shape index (κ3) is 4.68. The van der Waals surface area contributed by atoms with E-state index in [1.165, 1.54) is 24.3 Å². The minimum atomic E-state index is -0.794. The normalized spacial score (nSPS) is 21.8. The molecule has 0 amide bonds. The smallest absolute Gasteiger partial charge is 0.319 e. The monoisotopic (exact) mass is 580 g/mol. The number of phenolic OH excluding ortho intramolecular Hbond substituents is 1. The number of fused-ring (bicyclic) bond motifs is 4. The number of hydrogen-bond donors (Lipinski definition) is 2. The van der Waals surface area contributed by atoms with Crippen molar-refractivity contribution < 1.29 is 18.6 Å². The summed E-state index contributed by atoms with van der Waals surface area (Å²) >= 11 is 0. The van der Waals surface area contributed by atoms with Gasteiger partial charge in [0.1, 0.15) is 40.9 Å². The Bertz CT molecular complexity index is 1850. The van der Waals surface area contributed by atoms with Gasteiger partial charge in [-0.15, -0.1) is 12.8 Å². The highest BCUT2D eigenvalue weighted by molar-refractivity contribution is 6.04. The van der Waals surface area contributed by atoms with Gasteiger partial charge in [0.15, 0.2) is 5.82 Å². The van der Waals surface area contributed by atoms with Gasteiger partial charge in [-0.2, -0.15) is 9.97 Å². The number of terminal acetylenes is 2. The van der Waals surface area contributed by atoms with Crippen molar-refractivity contribution in [3.8, 4) is 47.7 Å². The molecule has 0 saturated carbocycles. The number of pyridine rings is 1. The van der Waals surface area contributed by atoms with Gasteiger partial charge in [-0.05, 0) is 68.8 Å². The molecule has 2 aromatic heterocycles. The minimum absolute atomic E-state index is 0.0452. The first-order valence-electron chi connectivity index (χ1n) is 14.5. The number of hydrogen-bond acceptors (Lipinski definition) is 8. The van der Waals surface area contributed by atoms with Crippen LogP contribution in [0.3, 0.4) is 0 Å². The first kappa shape index (κ1) is 27.3. The summed E-state index contributed by atoms with van der Waals surface area (Å²) in [6.45, 7) is 2.68. The third-order valence-corrected chi connectivity index (χ3v) is 8.93. The van der Waals surface area contributed by atoms with Gasteiger partial charge in [0.05, 0.1) is 10.9 Å². The Morgan fingerprint density at radius 3 is 2.53 bits per heavy atom. The summed E-state index contributed by atoms with van der Waals surface area (Å²) in [5, 5.41) is 15.1. The zero-order valence-corrected chi connectivity index (χ0v) is 23.7. The van der Waals surface area contributed by atoms with Gasteiger partial charge >= 0.3 is 6.01 Å². The van der Waals surface area contributed by atoms with Crippen LogP contribution in [0.5, 0.6) is 11.8 Å². The molecular formula is C33H30F2N6O2. The Labute approximate surface area is 248 Å². The number of aromatic hydroxyl groups is 1. The van der Waals surface area contributed by atoms with Crippen molar-refractivity contribution in [3.05, 3.63) is 47.2 Å². The number of phenols is 1. The van der Waals surface area contributed by atoms with Gasteiger partial charge in [0.25, 0.3) is 0 Å². The number of likely N-dealkylation sites (N-methyl/N-ethyl adjacent to an activating group) is 1. The first-order valence-corrected chi connectivity index (χ1v) is 14.5. The standard InChI is InChI=1S/C33H30F2N6O2/c1-4-23-25(34)11-8-18-13-22(42)14-24(27(18)23)30-29(35)31-28(26(5-2)37-30)32(41-15-19-9-10-20(16-41)36-19)39-33(38-31)43-17-21-7-6-12-40(21)3/h1-2,8,11,13-14,19-21,36,42H,6-7,9-10,12,15-17H2,3H3/t19?,20?,21-/m0/s1. The molecule has 3 saturated heterocycles. The van der Waals surface area contributed by atoms with Crippen LogP contribution in [-0.2, 0) is 0 Å². The van der Waals surface area contributed by atoms with Crippen LogP contribution in [0.4, 0.5) is 14.6 Å². The molecule has 3 aliphatic heterocycles. The van der Waals surface area contributed by atoms with E-state index in [0.717, 1.165) is 32.2 Å². The first-order chi connectivity index (χ1) is 20.8. The zero-order valence-electron chi connectivity index (χ0n) is 23.7. The van der Waals surface area contributed by atoms with Gasteiger partial charge in [-0.3, -0.25) is 0 Å². The number of rotatable bonds is 5. The molecule has 2 unspecified atom stereocenters. The number of benzene rings is 2. The summed E-state index contributed by atoms with van der Waals surface area (Å²) in [5.74, 6) is 3.84. The molecule has 5 heterocycles. The summed E-state index contributed by atoms with van der Waals surface area (Å²) in [6.07, 6.45) is 15.8. The van der Waals surface area contributed by atoms with Crippen LogP contribution in [0, 0.1) is 36.3 Å². The predicted molar refractivity (Wildman–Crippen MR) is 161 cm³/mol. The Balaban J connectivity index is 1.46. The topological polar surface area (TPSA) is 86.6 Å². The van der Waals surface area contributed by atoms with Crippen molar-refractivity contribution in [3.63, 3.8) is 0 Å².